The second-order valence-corrected chi connectivity index (χ2v) is 2.28. The maximum Gasteiger partial charge on any atom is 0.101 e. The summed E-state index contributed by atoms with van der Waals surface area (Å²) >= 11 is 0. The smallest absolute Gasteiger partial charge is 0.101 e. The van der Waals surface area contributed by atoms with Crippen LogP contribution in [0.4, 0.5) is 4.39 Å². The minimum Gasteiger partial charge on any atom is -0.247 e. The van der Waals surface area contributed by atoms with E-state index in [0.717, 1.165) is 12.8 Å². The summed E-state index contributed by atoms with van der Waals surface area (Å²) in [6.07, 6.45) is 6.06. The number of halogens is 1. The van der Waals surface area contributed by atoms with Crippen LogP contribution in [0.25, 0.3) is 0 Å². The molecule has 0 aliphatic rings. The summed E-state index contributed by atoms with van der Waals surface area (Å²) in [7, 11) is 0. The number of hydrogen-bond acceptors (Lipinski definition) is 0. The molecule has 0 bridgehead atoms. The summed E-state index contributed by atoms with van der Waals surface area (Å²) in [6.45, 7) is 3.69. The van der Waals surface area contributed by atoms with E-state index < -0.39 is 6.17 Å². The summed E-state index contributed by atoms with van der Waals surface area (Å²) in [5.41, 5.74) is 0. The van der Waals surface area contributed by atoms with E-state index in [1.54, 1.807) is 6.92 Å². The van der Waals surface area contributed by atoms with Crippen LogP contribution in [-0.2, 0) is 0 Å². The van der Waals surface area contributed by atoms with Crippen LogP contribution in [0.5, 0.6) is 0 Å². The van der Waals surface area contributed by atoms with Gasteiger partial charge in [-0.1, -0.05) is 25.5 Å². The van der Waals surface area contributed by atoms with Gasteiger partial charge in [-0.2, -0.15) is 0 Å². The molecule has 0 spiro atoms. The first-order valence-corrected chi connectivity index (χ1v) is 3.56. The molecule has 0 aliphatic heterocycles. The van der Waals surface area contributed by atoms with Crippen LogP contribution in [0.2, 0.25) is 0 Å². The summed E-state index contributed by atoms with van der Waals surface area (Å²) in [6, 6.07) is 0. The minimum atomic E-state index is -0.682. The Morgan fingerprint density at radius 3 is 2.56 bits per heavy atom. The van der Waals surface area contributed by atoms with Crippen LogP contribution >= 0.6 is 0 Å². The lowest BCUT2D eigenvalue weighted by Gasteiger charge is -1.91. The van der Waals surface area contributed by atoms with Crippen molar-refractivity contribution in [2.24, 2.45) is 0 Å². The Kier molecular flexibility index (Phi) is 5.59. The third kappa shape index (κ3) is 7.67. The van der Waals surface area contributed by atoms with Gasteiger partial charge in [-0.3, -0.25) is 0 Å². The molecule has 0 rings (SSSR count). The van der Waals surface area contributed by atoms with Crippen molar-refractivity contribution in [3.63, 3.8) is 0 Å². The molecule has 1 atom stereocenters. The van der Waals surface area contributed by atoms with E-state index in [0.29, 0.717) is 6.42 Å². The first-order valence-electron chi connectivity index (χ1n) is 3.56. The van der Waals surface area contributed by atoms with Crippen molar-refractivity contribution < 1.29 is 4.39 Å². The predicted molar refractivity (Wildman–Crippen MR) is 39.2 cm³/mol. The zero-order chi connectivity index (χ0) is 7.11. The lowest BCUT2D eigenvalue weighted by Crippen LogP contribution is -1.86. The van der Waals surface area contributed by atoms with Gasteiger partial charge in [0.05, 0.1) is 0 Å². The maximum atomic E-state index is 12.1. The van der Waals surface area contributed by atoms with E-state index in [1.165, 1.54) is 0 Å². The molecule has 0 aromatic heterocycles. The lowest BCUT2D eigenvalue weighted by molar-refractivity contribution is 0.365. The molecular weight excluding hydrogens is 115 g/mol. The monoisotopic (exact) mass is 130 g/mol. The zero-order valence-electron chi connectivity index (χ0n) is 6.23. The van der Waals surface area contributed by atoms with Gasteiger partial charge in [-0.05, 0) is 19.8 Å². The normalized spacial score (nSPS) is 14.6. The minimum absolute atomic E-state index is 0.569. The zero-order valence-corrected chi connectivity index (χ0v) is 6.23. The van der Waals surface area contributed by atoms with E-state index >= 15 is 0 Å². The summed E-state index contributed by atoms with van der Waals surface area (Å²) in [4.78, 5) is 0. The van der Waals surface area contributed by atoms with Crippen molar-refractivity contribution in [3.8, 4) is 0 Å². The highest BCUT2D eigenvalue weighted by atomic mass is 19.1. The number of rotatable bonds is 4. The third-order valence-corrected chi connectivity index (χ3v) is 1.08. The maximum absolute atomic E-state index is 12.1. The van der Waals surface area contributed by atoms with Gasteiger partial charge in [-0.15, -0.1) is 0 Å². The number of allylic oxidation sites excluding steroid dienone is 2. The summed E-state index contributed by atoms with van der Waals surface area (Å²) < 4.78 is 12.1. The second-order valence-electron chi connectivity index (χ2n) is 2.28. The molecular formula is C8H15F. The Morgan fingerprint density at radius 1 is 1.44 bits per heavy atom. The van der Waals surface area contributed by atoms with Crippen LogP contribution < -0.4 is 0 Å². The Labute approximate surface area is 56.8 Å². The molecule has 1 heteroatoms. The molecule has 0 N–H and O–H groups in total. The van der Waals surface area contributed by atoms with Gasteiger partial charge in [0.25, 0.3) is 0 Å². The van der Waals surface area contributed by atoms with Crippen molar-refractivity contribution in [2.75, 3.05) is 0 Å². The van der Waals surface area contributed by atoms with E-state index in [1.807, 2.05) is 12.2 Å². The van der Waals surface area contributed by atoms with Crippen LogP contribution in [0.3, 0.4) is 0 Å². The second kappa shape index (κ2) is 5.80. The Morgan fingerprint density at radius 2 is 2.11 bits per heavy atom. The molecule has 54 valence electrons. The van der Waals surface area contributed by atoms with Gasteiger partial charge in [0.2, 0.25) is 0 Å². The topological polar surface area (TPSA) is 0 Å². The van der Waals surface area contributed by atoms with E-state index in [-0.39, 0.29) is 0 Å². The number of unbranched alkanes of at least 4 members (excludes halogenated alkanes) is 1. The average molecular weight is 130 g/mol. The molecule has 0 radical (unpaired) electrons. The predicted octanol–water partition coefficient (Wildman–Crippen LogP) is 3.09. The van der Waals surface area contributed by atoms with Crippen LogP contribution in [-0.4, -0.2) is 6.17 Å². The number of alkyl halides is 1. The van der Waals surface area contributed by atoms with Crippen LogP contribution in [0.15, 0.2) is 12.2 Å². The average Bonchev–Trinajstić information content (AvgIpc) is 1.80. The highest BCUT2D eigenvalue weighted by Gasteiger charge is 1.89. The first-order chi connectivity index (χ1) is 4.27. The molecule has 1 unspecified atom stereocenters. The van der Waals surface area contributed by atoms with Crippen molar-refractivity contribution in [1.82, 2.24) is 0 Å². The molecule has 0 saturated heterocycles. The molecule has 0 aromatic rings. The first kappa shape index (κ1) is 8.67. The van der Waals surface area contributed by atoms with Crippen molar-refractivity contribution >= 4 is 0 Å². The van der Waals surface area contributed by atoms with Gasteiger partial charge in [0, 0.05) is 0 Å². The van der Waals surface area contributed by atoms with E-state index in [2.05, 4.69) is 6.92 Å². The Balaban J connectivity index is 3.04. The largest absolute Gasteiger partial charge is 0.247 e. The fraction of sp³-hybridized carbons (Fsp3) is 0.750. The molecule has 9 heavy (non-hydrogen) atoms. The van der Waals surface area contributed by atoms with Gasteiger partial charge in [0.1, 0.15) is 6.17 Å². The van der Waals surface area contributed by atoms with Gasteiger partial charge >= 0.3 is 0 Å². The summed E-state index contributed by atoms with van der Waals surface area (Å²) in [5, 5.41) is 0. The van der Waals surface area contributed by atoms with Gasteiger partial charge in [-0.25, -0.2) is 4.39 Å². The van der Waals surface area contributed by atoms with Gasteiger partial charge in [0.15, 0.2) is 0 Å². The molecule has 0 nitrogen and oxygen atoms in total. The molecule has 0 saturated carbocycles. The molecule has 0 fully saturated rings. The van der Waals surface area contributed by atoms with Crippen molar-refractivity contribution in [1.29, 1.82) is 0 Å². The lowest BCUT2D eigenvalue weighted by atomic mass is 10.2. The van der Waals surface area contributed by atoms with Crippen LogP contribution in [0.1, 0.15) is 33.1 Å². The van der Waals surface area contributed by atoms with E-state index in [4.69, 9.17) is 0 Å². The highest BCUT2D eigenvalue weighted by Crippen LogP contribution is 1.98. The van der Waals surface area contributed by atoms with E-state index in [9.17, 15) is 4.39 Å². The highest BCUT2D eigenvalue weighted by molar-refractivity contribution is 4.82. The molecule has 0 aromatic carbocycles. The van der Waals surface area contributed by atoms with Crippen LogP contribution in [0, 0.1) is 0 Å². The number of hydrogen-bond donors (Lipinski definition) is 0. The quantitative estimate of drug-likeness (QED) is 0.513. The summed E-state index contributed by atoms with van der Waals surface area (Å²) in [5.74, 6) is 0. The molecule has 0 heterocycles. The molecule has 0 amide bonds. The Hall–Kier alpha value is -0.330. The molecule has 0 aliphatic carbocycles. The van der Waals surface area contributed by atoms with Crippen molar-refractivity contribution in [3.05, 3.63) is 12.2 Å². The fourth-order valence-electron chi connectivity index (χ4n) is 0.568. The third-order valence-electron chi connectivity index (χ3n) is 1.08. The SMILES string of the molecule is CCC/C=C\CC(C)F. The Bertz CT molecular complexity index is 74.6. The van der Waals surface area contributed by atoms with Crippen molar-refractivity contribution in [2.45, 2.75) is 39.3 Å². The fourth-order valence-corrected chi connectivity index (χ4v) is 0.568. The standard InChI is InChI=1S/C8H15F/c1-3-4-5-6-7-8(2)9/h5-6,8H,3-4,7H2,1-2H3/b6-5-. The van der Waals surface area contributed by atoms with Gasteiger partial charge < -0.3 is 0 Å².